The maximum atomic E-state index is 13.0. The van der Waals surface area contributed by atoms with Crippen LogP contribution in [0.1, 0.15) is 37.0 Å². The summed E-state index contributed by atoms with van der Waals surface area (Å²) in [5.74, 6) is -6.20. The standard InChI is InChI=1S/C20H22F6N2O6/c1-3-33-15(30)9-13(18(32)34-4-2)16(17(27)31)28-14(29)7-10-5-11(19(21,22)23)8-12(6-10)20(24,25)26/h5-6,8,13,16H,3-4,7,9H2,1-2H3,(H2,27,31)(H,28,29)/t13-,16-/m0/s1. The highest BCUT2D eigenvalue weighted by molar-refractivity contribution is 5.93. The molecule has 0 radical (unpaired) electrons. The van der Waals surface area contributed by atoms with Gasteiger partial charge >= 0.3 is 24.3 Å². The fraction of sp³-hybridized carbons (Fsp3) is 0.500. The van der Waals surface area contributed by atoms with Crippen LogP contribution in [0, 0.1) is 5.92 Å². The summed E-state index contributed by atoms with van der Waals surface area (Å²) in [6.45, 7) is 2.65. The number of hydrogen-bond acceptors (Lipinski definition) is 6. The van der Waals surface area contributed by atoms with Gasteiger partial charge in [0.05, 0.1) is 43.1 Å². The number of esters is 2. The van der Waals surface area contributed by atoms with Gasteiger partial charge in [-0.15, -0.1) is 0 Å². The van der Waals surface area contributed by atoms with Crippen LogP contribution in [0.25, 0.3) is 0 Å². The van der Waals surface area contributed by atoms with Crippen molar-refractivity contribution in [2.75, 3.05) is 13.2 Å². The van der Waals surface area contributed by atoms with Gasteiger partial charge in [0.2, 0.25) is 11.8 Å². The van der Waals surface area contributed by atoms with Crippen LogP contribution in [-0.2, 0) is 47.4 Å². The number of carbonyl (C=O) groups is 4. The Labute approximate surface area is 189 Å². The van der Waals surface area contributed by atoms with Gasteiger partial charge in [0.1, 0.15) is 6.04 Å². The van der Waals surface area contributed by atoms with Crippen molar-refractivity contribution in [3.63, 3.8) is 0 Å². The minimum absolute atomic E-state index is 0.0704. The predicted octanol–water partition coefficient (Wildman–Crippen LogP) is 2.37. The van der Waals surface area contributed by atoms with Gasteiger partial charge in [0, 0.05) is 0 Å². The number of rotatable bonds is 10. The van der Waals surface area contributed by atoms with E-state index in [-0.39, 0.29) is 19.3 Å². The second-order valence-corrected chi connectivity index (χ2v) is 6.91. The molecule has 0 aliphatic heterocycles. The number of primary amides is 1. The van der Waals surface area contributed by atoms with E-state index in [1.54, 1.807) is 0 Å². The molecule has 0 saturated heterocycles. The molecule has 0 fully saturated rings. The molecular formula is C20H22F6N2O6. The molecule has 2 atom stereocenters. The van der Waals surface area contributed by atoms with Crippen LogP contribution >= 0.6 is 0 Å². The third-order valence-electron chi connectivity index (χ3n) is 4.32. The first-order chi connectivity index (χ1) is 15.6. The summed E-state index contributed by atoms with van der Waals surface area (Å²) < 4.78 is 87.6. The summed E-state index contributed by atoms with van der Waals surface area (Å²) in [6.07, 6.45) is -12.0. The Kier molecular flexibility index (Phi) is 9.88. The van der Waals surface area contributed by atoms with E-state index < -0.39 is 77.6 Å². The summed E-state index contributed by atoms with van der Waals surface area (Å²) in [5, 5.41) is 1.98. The van der Waals surface area contributed by atoms with E-state index >= 15 is 0 Å². The zero-order valence-electron chi connectivity index (χ0n) is 18.0. The van der Waals surface area contributed by atoms with Crippen molar-refractivity contribution in [3.05, 3.63) is 34.9 Å². The van der Waals surface area contributed by atoms with Crippen LogP contribution in [-0.4, -0.2) is 43.0 Å². The summed E-state index contributed by atoms with van der Waals surface area (Å²) in [6, 6.07) is -1.28. The van der Waals surface area contributed by atoms with Crippen LogP contribution in [0.4, 0.5) is 26.3 Å². The Bertz CT molecular complexity index is 884. The molecule has 14 heteroatoms. The van der Waals surface area contributed by atoms with E-state index in [4.69, 9.17) is 15.2 Å². The van der Waals surface area contributed by atoms with Gasteiger partial charge < -0.3 is 20.5 Å². The van der Waals surface area contributed by atoms with E-state index in [9.17, 15) is 45.5 Å². The molecule has 0 bridgehead atoms. The first kappa shape index (κ1) is 28.7. The topological polar surface area (TPSA) is 125 Å². The molecule has 1 rings (SSSR count). The molecule has 0 aliphatic carbocycles. The molecule has 1 aromatic rings. The molecule has 0 aromatic heterocycles. The second-order valence-electron chi connectivity index (χ2n) is 6.91. The number of nitrogens with one attached hydrogen (secondary N) is 1. The van der Waals surface area contributed by atoms with Crippen molar-refractivity contribution in [2.45, 2.75) is 45.1 Å². The fourth-order valence-electron chi connectivity index (χ4n) is 2.89. The van der Waals surface area contributed by atoms with Gasteiger partial charge in [0.25, 0.3) is 0 Å². The van der Waals surface area contributed by atoms with Gasteiger partial charge in [-0.05, 0) is 37.6 Å². The molecule has 3 N–H and O–H groups in total. The Hall–Kier alpha value is -3.32. The van der Waals surface area contributed by atoms with Crippen molar-refractivity contribution in [1.29, 1.82) is 0 Å². The lowest BCUT2D eigenvalue weighted by molar-refractivity contribution is -0.157. The van der Waals surface area contributed by atoms with Crippen LogP contribution in [0.3, 0.4) is 0 Å². The van der Waals surface area contributed by atoms with Crippen molar-refractivity contribution in [1.82, 2.24) is 5.32 Å². The van der Waals surface area contributed by atoms with E-state index in [0.717, 1.165) is 0 Å². The number of halogens is 6. The van der Waals surface area contributed by atoms with E-state index in [1.807, 2.05) is 5.32 Å². The number of amides is 2. The lowest BCUT2D eigenvalue weighted by Gasteiger charge is -2.23. The monoisotopic (exact) mass is 500 g/mol. The fourth-order valence-corrected chi connectivity index (χ4v) is 2.89. The third kappa shape index (κ3) is 8.56. The number of hydrogen-bond donors (Lipinski definition) is 2. The van der Waals surface area contributed by atoms with Crippen molar-refractivity contribution >= 4 is 23.8 Å². The smallest absolute Gasteiger partial charge is 0.416 e. The van der Waals surface area contributed by atoms with Crippen molar-refractivity contribution in [2.24, 2.45) is 11.7 Å². The molecule has 0 aliphatic rings. The van der Waals surface area contributed by atoms with E-state index in [2.05, 4.69) is 0 Å². The van der Waals surface area contributed by atoms with Crippen LogP contribution in [0.15, 0.2) is 18.2 Å². The lowest BCUT2D eigenvalue weighted by Crippen LogP contribution is -2.52. The number of ether oxygens (including phenoxy) is 2. The molecule has 0 heterocycles. The number of nitrogens with two attached hydrogens (primary N) is 1. The SMILES string of the molecule is CCOC(=O)C[C@H](C(=O)OCC)[C@H](NC(=O)Cc1cc(C(F)(F)F)cc(C(F)(F)F)c1)C(N)=O. The van der Waals surface area contributed by atoms with Gasteiger partial charge in [-0.3, -0.25) is 19.2 Å². The zero-order valence-corrected chi connectivity index (χ0v) is 18.0. The van der Waals surface area contributed by atoms with Crippen LogP contribution < -0.4 is 11.1 Å². The highest BCUT2D eigenvalue weighted by Crippen LogP contribution is 2.36. The Balaban J connectivity index is 3.23. The molecule has 34 heavy (non-hydrogen) atoms. The summed E-state index contributed by atoms with van der Waals surface area (Å²) >= 11 is 0. The average Bonchev–Trinajstić information content (AvgIpc) is 2.69. The van der Waals surface area contributed by atoms with Crippen molar-refractivity contribution in [3.8, 4) is 0 Å². The Morgan fingerprint density at radius 3 is 1.82 bits per heavy atom. The summed E-state index contributed by atoms with van der Waals surface area (Å²) in [4.78, 5) is 48.4. The minimum atomic E-state index is -5.13. The molecule has 1 aromatic carbocycles. The highest BCUT2D eigenvalue weighted by atomic mass is 19.4. The maximum absolute atomic E-state index is 13.0. The Morgan fingerprint density at radius 1 is 0.912 bits per heavy atom. The lowest BCUT2D eigenvalue weighted by atomic mass is 9.94. The van der Waals surface area contributed by atoms with E-state index in [0.29, 0.717) is 12.1 Å². The third-order valence-corrected chi connectivity index (χ3v) is 4.32. The Morgan fingerprint density at radius 2 is 1.41 bits per heavy atom. The predicted molar refractivity (Wildman–Crippen MR) is 103 cm³/mol. The molecular weight excluding hydrogens is 478 g/mol. The first-order valence-corrected chi connectivity index (χ1v) is 9.79. The van der Waals surface area contributed by atoms with Gasteiger partial charge in [-0.1, -0.05) is 0 Å². The second kappa shape index (κ2) is 11.7. The van der Waals surface area contributed by atoms with E-state index in [1.165, 1.54) is 13.8 Å². The van der Waals surface area contributed by atoms with Gasteiger partial charge in [-0.25, -0.2) is 0 Å². The summed E-state index contributed by atoms with van der Waals surface area (Å²) in [5.41, 5.74) is 1.28. The van der Waals surface area contributed by atoms with Gasteiger partial charge in [-0.2, -0.15) is 26.3 Å². The quantitative estimate of drug-likeness (QED) is 0.376. The minimum Gasteiger partial charge on any atom is -0.466 e. The number of carbonyl (C=O) groups excluding carboxylic acids is 4. The summed E-state index contributed by atoms with van der Waals surface area (Å²) in [7, 11) is 0. The first-order valence-electron chi connectivity index (χ1n) is 9.79. The highest BCUT2D eigenvalue weighted by Gasteiger charge is 2.39. The molecule has 0 unspecified atom stereocenters. The normalized spacial score (nSPS) is 13.5. The largest absolute Gasteiger partial charge is 0.466 e. The molecule has 8 nitrogen and oxygen atoms in total. The molecule has 0 spiro atoms. The average molecular weight is 500 g/mol. The zero-order chi connectivity index (χ0) is 26.3. The number of benzene rings is 1. The molecule has 0 saturated carbocycles. The maximum Gasteiger partial charge on any atom is 0.416 e. The number of alkyl halides is 6. The molecule has 190 valence electrons. The van der Waals surface area contributed by atoms with Crippen LogP contribution in [0.5, 0.6) is 0 Å². The van der Waals surface area contributed by atoms with Gasteiger partial charge in [0.15, 0.2) is 0 Å². The molecule has 2 amide bonds. The van der Waals surface area contributed by atoms with Crippen LogP contribution in [0.2, 0.25) is 0 Å². The van der Waals surface area contributed by atoms with Crippen molar-refractivity contribution < 1.29 is 55.0 Å².